The Morgan fingerprint density at radius 3 is 3.00 bits per heavy atom. The highest BCUT2D eigenvalue weighted by Crippen LogP contribution is 2.10. The minimum atomic E-state index is -0.424. The summed E-state index contributed by atoms with van der Waals surface area (Å²) in [6.07, 6.45) is 3.81. The molecule has 2 aromatic rings. The minimum absolute atomic E-state index is 0.0580. The van der Waals surface area contributed by atoms with Crippen molar-refractivity contribution in [3.05, 3.63) is 53.6 Å². The zero-order chi connectivity index (χ0) is 16.2. The molecule has 3 rings (SSSR count). The van der Waals surface area contributed by atoms with Crippen molar-refractivity contribution in [2.24, 2.45) is 0 Å². The van der Waals surface area contributed by atoms with Gasteiger partial charge in [-0.15, -0.1) is 0 Å². The van der Waals surface area contributed by atoms with E-state index in [1.54, 1.807) is 6.20 Å². The Morgan fingerprint density at radius 1 is 1.48 bits per heavy atom. The lowest BCUT2D eigenvalue weighted by molar-refractivity contribution is -0.123. The normalized spacial score (nSPS) is 20.6. The average molecular weight is 314 g/mol. The van der Waals surface area contributed by atoms with Crippen molar-refractivity contribution in [1.29, 1.82) is 0 Å². The lowest BCUT2D eigenvalue weighted by Gasteiger charge is -2.12. The van der Waals surface area contributed by atoms with E-state index in [1.807, 2.05) is 25.3 Å². The molecule has 0 radical (unpaired) electrons. The van der Waals surface area contributed by atoms with Crippen molar-refractivity contribution in [1.82, 2.24) is 20.2 Å². The number of amides is 1. The molecule has 0 saturated carbocycles. The molecule has 0 spiro atoms. The Bertz CT molecular complexity index is 683. The van der Waals surface area contributed by atoms with Gasteiger partial charge in [0.2, 0.25) is 5.91 Å². The van der Waals surface area contributed by atoms with Crippen LogP contribution in [0.3, 0.4) is 0 Å². The molecule has 2 atom stereocenters. The average Bonchev–Trinajstić information content (AvgIpc) is 3.15. The lowest BCUT2D eigenvalue weighted by atomic mass is 10.1. The van der Waals surface area contributed by atoms with Gasteiger partial charge < -0.3 is 20.3 Å². The molecule has 2 heterocycles. The maximum Gasteiger partial charge on any atom is 0.237 e. The topological polar surface area (TPSA) is 79.2 Å². The number of β-amino-alcohol motifs (C(OH)–C–C–N with tert-alkyl or cyclic N) is 1. The van der Waals surface area contributed by atoms with Gasteiger partial charge in [-0.25, -0.2) is 4.98 Å². The maximum absolute atomic E-state index is 12.1. The van der Waals surface area contributed by atoms with Gasteiger partial charge in [0.15, 0.2) is 0 Å². The number of rotatable bonds is 5. The van der Waals surface area contributed by atoms with Crippen LogP contribution in [0.5, 0.6) is 0 Å². The van der Waals surface area contributed by atoms with Crippen LogP contribution in [0.25, 0.3) is 0 Å². The number of aliphatic hydroxyl groups is 1. The summed E-state index contributed by atoms with van der Waals surface area (Å²) in [5, 5.41) is 15.4. The van der Waals surface area contributed by atoms with Gasteiger partial charge in [0, 0.05) is 32.0 Å². The zero-order valence-corrected chi connectivity index (χ0v) is 13.2. The fourth-order valence-corrected chi connectivity index (χ4v) is 2.83. The van der Waals surface area contributed by atoms with Gasteiger partial charge in [-0.2, -0.15) is 0 Å². The lowest BCUT2D eigenvalue weighted by Crippen LogP contribution is -2.40. The third-order valence-corrected chi connectivity index (χ3v) is 4.16. The molecule has 0 bridgehead atoms. The smallest absolute Gasteiger partial charge is 0.237 e. The quantitative estimate of drug-likeness (QED) is 0.754. The van der Waals surface area contributed by atoms with Crippen molar-refractivity contribution in [3.8, 4) is 0 Å². The first-order valence-corrected chi connectivity index (χ1v) is 7.86. The molecule has 1 aromatic carbocycles. The van der Waals surface area contributed by atoms with Crippen molar-refractivity contribution >= 4 is 5.91 Å². The Hall–Kier alpha value is -2.18. The van der Waals surface area contributed by atoms with Gasteiger partial charge in [0.1, 0.15) is 5.82 Å². The largest absolute Gasteiger partial charge is 0.392 e. The van der Waals surface area contributed by atoms with Crippen LogP contribution >= 0.6 is 0 Å². The number of aromatic nitrogens is 2. The molecule has 1 aliphatic rings. The van der Waals surface area contributed by atoms with E-state index in [2.05, 4.69) is 32.3 Å². The first-order chi connectivity index (χ1) is 11.1. The molecule has 3 N–H and O–H groups in total. The Kier molecular flexibility index (Phi) is 4.73. The molecule has 1 aliphatic heterocycles. The molecule has 0 aliphatic carbocycles. The number of aliphatic hydroxyl groups excluding tert-OH is 1. The minimum Gasteiger partial charge on any atom is -0.392 e. The van der Waals surface area contributed by atoms with Crippen LogP contribution in [0.1, 0.15) is 23.4 Å². The fraction of sp³-hybridized carbons (Fsp3) is 0.412. The van der Waals surface area contributed by atoms with Crippen molar-refractivity contribution in [2.75, 3.05) is 6.54 Å². The summed E-state index contributed by atoms with van der Waals surface area (Å²) < 4.78 is 2.08. The SMILES string of the molecule is Cc1nccn1Cc1cccc(CNC(=O)[C@@H]2C[C@@H](O)CN2)c1. The monoisotopic (exact) mass is 314 g/mol. The van der Waals surface area contributed by atoms with Crippen LogP contribution in [0.2, 0.25) is 0 Å². The highest BCUT2D eigenvalue weighted by Gasteiger charge is 2.27. The summed E-state index contributed by atoms with van der Waals surface area (Å²) in [5.41, 5.74) is 2.24. The van der Waals surface area contributed by atoms with E-state index in [0.29, 0.717) is 19.5 Å². The standard InChI is InChI=1S/C17H22N4O2/c1-12-18-5-6-21(12)11-14-4-2-3-13(7-14)9-20-17(23)16-8-15(22)10-19-16/h2-7,15-16,19,22H,8-11H2,1H3,(H,20,23)/t15-,16+/m1/s1. The van der Waals surface area contributed by atoms with Gasteiger partial charge in [-0.1, -0.05) is 24.3 Å². The van der Waals surface area contributed by atoms with Crippen LogP contribution in [0.4, 0.5) is 0 Å². The first kappa shape index (κ1) is 15.7. The zero-order valence-electron chi connectivity index (χ0n) is 13.2. The molecular weight excluding hydrogens is 292 g/mol. The Labute approximate surface area is 135 Å². The molecule has 6 heteroatoms. The summed E-state index contributed by atoms with van der Waals surface area (Å²) >= 11 is 0. The number of carbonyl (C=O) groups is 1. The second kappa shape index (κ2) is 6.93. The Morgan fingerprint density at radius 2 is 2.30 bits per heavy atom. The molecule has 6 nitrogen and oxygen atoms in total. The summed E-state index contributed by atoms with van der Waals surface area (Å²) in [6.45, 7) is 3.72. The van der Waals surface area contributed by atoms with E-state index >= 15 is 0 Å². The molecule has 1 aromatic heterocycles. The highest BCUT2D eigenvalue weighted by molar-refractivity contribution is 5.82. The van der Waals surface area contributed by atoms with Crippen LogP contribution in [-0.4, -0.2) is 39.3 Å². The Balaban J connectivity index is 1.57. The summed E-state index contributed by atoms with van der Waals surface area (Å²) in [7, 11) is 0. The van der Waals surface area contributed by atoms with Gasteiger partial charge >= 0.3 is 0 Å². The molecule has 122 valence electrons. The second-order valence-corrected chi connectivity index (χ2v) is 5.99. The van der Waals surface area contributed by atoms with E-state index in [4.69, 9.17) is 0 Å². The molecule has 1 amide bonds. The maximum atomic E-state index is 12.1. The predicted octanol–water partition coefficient (Wildman–Crippen LogP) is 0.579. The van der Waals surface area contributed by atoms with Gasteiger partial charge in [0.25, 0.3) is 0 Å². The van der Waals surface area contributed by atoms with Crippen LogP contribution in [0.15, 0.2) is 36.7 Å². The number of imidazole rings is 1. The molecule has 1 saturated heterocycles. The van der Waals surface area contributed by atoms with Crippen molar-refractivity contribution < 1.29 is 9.90 Å². The van der Waals surface area contributed by atoms with Gasteiger partial charge in [0.05, 0.1) is 12.1 Å². The molecular formula is C17H22N4O2. The van der Waals surface area contributed by atoms with Crippen LogP contribution < -0.4 is 10.6 Å². The third kappa shape index (κ3) is 3.97. The third-order valence-electron chi connectivity index (χ3n) is 4.16. The van der Waals surface area contributed by atoms with Crippen molar-refractivity contribution in [2.45, 2.75) is 38.6 Å². The molecule has 0 unspecified atom stereocenters. The van der Waals surface area contributed by atoms with Crippen molar-refractivity contribution in [3.63, 3.8) is 0 Å². The van der Waals surface area contributed by atoms with E-state index in [9.17, 15) is 9.90 Å². The fourth-order valence-electron chi connectivity index (χ4n) is 2.83. The van der Waals surface area contributed by atoms with Crippen LogP contribution in [0, 0.1) is 6.92 Å². The van der Waals surface area contributed by atoms with Gasteiger partial charge in [-0.3, -0.25) is 4.79 Å². The number of aryl methyl sites for hydroxylation is 1. The summed E-state index contributed by atoms with van der Waals surface area (Å²) in [4.78, 5) is 16.3. The highest BCUT2D eigenvalue weighted by atomic mass is 16.3. The number of nitrogens with one attached hydrogen (secondary N) is 2. The number of nitrogens with zero attached hydrogens (tertiary/aromatic N) is 2. The van der Waals surface area contributed by atoms with Gasteiger partial charge in [-0.05, 0) is 24.5 Å². The summed E-state index contributed by atoms with van der Waals surface area (Å²) in [5.74, 6) is 0.923. The molecule has 1 fully saturated rings. The van der Waals surface area contributed by atoms with E-state index in [1.165, 1.54) is 5.56 Å². The number of hydrogen-bond acceptors (Lipinski definition) is 4. The van der Waals surface area contributed by atoms with E-state index in [0.717, 1.165) is 17.9 Å². The number of hydrogen-bond donors (Lipinski definition) is 3. The predicted molar refractivity (Wildman–Crippen MR) is 86.8 cm³/mol. The van der Waals surface area contributed by atoms with E-state index in [-0.39, 0.29) is 11.9 Å². The van der Waals surface area contributed by atoms with Crippen LogP contribution in [-0.2, 0) is 17.9 Å². The number of benzene rings is 1. The van der Waals surface area contributed by atoms with E-state index < -0.39 is 6.10 Å². The molecule has 23 heavy (non-hydrogen) atoms. The summed E-state index contributed by atoms with van der Waals surface area (Å²) in [6, 6.07) is 7.88. The first-order valence-electron chi connectivity index (χ1n) is 7.86. The second-order valence-electron chi connectivity index (χ2n) is 5.99. The number of carbonyl (C=O) groups excluding carboxylic acids is 1.